The van der Waals surface area contributed by atoms with Gasteiger partial charge in [-0.15, -0.1) is 0 Å². The normalized spacial score (nSPS) is 11.1. The molecule has 9 heteroatoms. The van der Waals surface area contributed by atoms with Crippen molar-refractivity contribution in [2.75, 3.05) is 27.9 Å². The van der Waals surface area contributed by atoms with E-state index < -0.39 is 17.9 Å². The van der Waals surface area contributed by atoms with Crippen LogP contribution in [0.15, 0.2) is 59.1 Å². The van der Waals surface area contributed by atoms with Crippen molar-refractivity contribution in [1.82, 2.24) is 5.32 Å². The second-order valence-corrected chi connectivity index (χ2v) is 8.75. The summed E-state index contributed by atoms with van der Waals surface area (Å²) in [6.07, 6.45) is 0.211. The first-order valence-electron chi connectivity index (χ1n) is 11.4. The van der Waals surface area contributed by atoms with Crippen molar-refractivity contribution in [1.29, 1.82) is 5.26 Å². The first kappa shape index (κ1) is 27.6. The topological polar surface area (TPSA) is 107 Å². The highest BCUT2D eigenvalue weighted by atomic mass is 79.9. The predicted octanol–water partition coefficient (Wildman–Crippen LogP) is 4.92. The van der Waals surface area contributed by atoms with Crippen LogP contribution in [0.3, 0.4) is 0 Å². The summed E-state index contributed by atoms with van der Waals surface area (Å²) in [5.74, 6) is 0.554. The molecule has 0 aliphatic carbocycles. The third-order valence-corrected chi connectivity index (χ3v) is 6.29. The Morgan fingerprint density at radius 2 is 1.65 bits per heavy atom. The molecule has 0 aromatic heterocycles. The van der Waals surface area contributed by atoms with E-state index >= 15 is 0 Å². The van der Waals surface area contributed by atoms with Crippen LogP contribution in [-0.4, -0.2) is 45.9 Å². The van der Waals surface area contributed by atoms with Crippen molar-refractivity contribution in [3.8, 4) is 34.4 Å². The van der Waals surface area contributed by atoms with Crippen LogP contribution in [0.25, 0.3) is 11.1 Å². The fourth-order valence-electron chi connectivity index (χ4n) is 3.81. The first-order valence-corrected chi connectivity index (χ1v) is 12.2. The number of benzene rings is 3. The third-order valence-electron chi connectivity index (χ3n) is 5.60. The van der Waals surface area contributed by atoms with Gasteiger partial charge in [-0.2, -0.15) is 5.26 Å². The summed E-state index contributed by atoms with van der Waals surface area (Å²) in [4.78, 5) is 25.5. The number of rotatable bonds is 10. The van der Waals surface area contributed by atoms with Crippen molar-refractivity contribution in [3.63, 3.8) is 0 Å². The summed E-state index contributed by atoms with van der Waals surface area (Å²) < 4.78 is 22.0. The molecule has 3 aromatic carbocycles. The molecule has 0 saturated heterocycles. The monoisotopic (exact) mass is 566 g/mol. The van der Waals surface area contributed by atoms with Gasteiger partial charge in [-0.25, -0.2) is 4.79 Å². The van der Waals surface area contributed by atoms with Crippen LogP contribution in [-0.2, 0) is 16.0 Å². The lowest BCUT2D eigenvalue weighted by Gasteiger charge is -2.18. The van der Waals surface area contributed by atoms with E-state index in [4.69, 9.17) is 18.9 Å². The van der Waals surface area contributed by atoms with Gasteiger partial charge in [0, 0.05) is 10.9 Å². The number of esters is 1. The number of hydrogen-bond acceptors (Lipinski definition) is 7. The second-order valence-electron chi connectivity index (χ2n) is 7.89. The summed E-state index contributed by atoms with van der Waals surface area (Å²) in [5.41, 5.74) is 3.07. The highest BCUT2D eigenvalue weighted by molar-refractivity contribution is 9.10. The predicted molar refractivity (Wildman–Crippen MR) is 142 cm³/mol. The fourth-order valence-corrected chi connectivity index (χ4v) is 4.24. The number of amides is 1. The van der Waals surface area contributed by atoms with Crippen LogP contribution in [0.5, 0.6) is 17.2 Å². The Morgan fingerprint density at radius 3 is 2.19 bits per heavy atom. The van der Waals surface area contributed by atoms with E-state index in [1.54, 1.807) is 30.3 Å². The number of halogens is 1. The van der Waals surface area contributed by atoms with E-state index in [9.17, 15) is 14.9 Å². The average Bonchev–Trinajstić information content (AvgIpc) is 2.92. The van der Waals surface area contributed by atoms with Gasteiger partial charge in [0.25, 0.3) is 5.91 Å². The number of carbonyl (C=O) groups excluding carboxylic acids is 2. The number of nitrogens with one attached hydrogen (secondary N) is 1. The van der Waals surface area contributed by atoms with Crippen LogP contribution in [0, 0.1) is 11.3 Å². The molecule has 192 valence electrons. The van der Waals surface area contributed by atoms with E-state index in [0.29, 0.717) is 45.0 Å². The molecule has 3 aromatic rings. The van der Waals surface area contributed by atoms with Gasteiger partial charge in [-0.05, 0) is 64.3 Å². The minimum absolute atomic E-state index is 0.211. The van der Waals surface area contributed by atoms with Gasteiger partial charge in [0.05, 0.1) is 50.7 Å². The maximum absolute atomic E-state index is 13.0. The average molecular weight is 567 g/mol. The zero-order valence-electron chi connectivity index (χ0n) is 21.0. The molecule has 37 heavy (non-hydrogen) atoms. The molecule has 0 fully saturated rings. The van der Waals surface area contributed by atoms with Crippen molar-refractivity contribution in [2.24, 2.45) is 0 Å². The lowest BCUT2D eigenvalue weighted by molar-refractivity contribution is -0.142. The molecule has 0 aliphatic heterocycles. The van der Waals surface area contributed by atoms with Gasteiger partial charge in [-0.3, -0.25) is 4.79 Å². The van der Waals surface area contributed by atoms with E-state index in [1.807, 2.05) is 31.2 Å². The molecule has 0 bridgehead atoms. The zero-order chi connectivity index (χ0) is 26.9. The number of ether oxygens (including phenoxy) is 4. The Hall–Kier alpha value is -4.03. The number of carbonyl (C=O) groups is 2. The van der Waals surface area contributed by atoms with E-state index in [0.717, 1.165) is 11.1 Å². The Morgan fingerprint density at radius 1 is 1.00 bits per heavy atom. The van der Waals surface area contributed by atoms with Crippen molar-refractivity contribution in [3.05, 3.63) is 75.8 Å². The molecular weight excluding hydrogens is 540 g/mol. The highest BCUT2D eigenvalue weighted by Gasteiger charge is 2.24. The fraction of sp³-hybridized carbons (Fsp3) is 0.250. The Bertz CT molecular complexity index is 1290. The number of nitriles is 1. The smallest absolute Gasteiger partial charge is 0.328 e. The third kappa shape index (κ3) is 6.60. The molecule has 8 nitrogen and oxygen atoms in total. The molecule has 1 amide bonds. The molecule has 0 saturated carbocycles. The molecule has 1 atom stereocenters. The molecule has 3 rings (SSSR count). The van der Waals surface area contributed by atoms with Gasteiger partial charge < -0.3 is 24.3 Å². The maximum Gasteiger partial charge on any atom is 0.328 e. The largest absolute Gasteiger partial charge is 0.496 e. The van der Waals surface area contributed by atoms with Gasteiger partial charge in [-0.1, -0.05) is 24.3 Å². The van der Waals surface area contributed by atoms with E-state index in [2.05, 4.69) is 27.3 Å². The quantitative estimate of drug-likeness (QED) is 0.347. The molecule has 0 radical (unpaired) electrons. The molecule has 0 unspecified atom stereocenters. The van der Waals surface area contributed by atoms with Gasteiger partial charge in [0.2, 0.25) is 0 Å². The van der Waals surface area contributed by atoms with Crippen molar-refractivity contribution in [2.45, 2.75) is 19.4 Å². The SMILES string of the molecule is CCOc1ccc(Br)c(C(=O)N[C@@H](Cc2ccc(-c3c(OC)cc(C#N)cc3OC)cc2)C(=O)OC)c1. The first-order chi connectivity index (χ1) is 17.8. The minimum Gasteiger partial charge on any atom is -0.496 e. The molecule has 0 spiro atoms. The minimum atomic E-state index is -0.912. The lowest BCUT2D eigenvalue weighted by Crippen LogP contribution is -2.43. The van der Waals surface area contributed by atoms with Crippen molar-refractivity contribution >= 4 is 27.8 Å². The summed E-state index contributed by atoms with van der Waals surface area (Å²) >= 11 is 3.38. The summed E-state index contributed by atoms with van der Waals surface area (Å²) in [6, 6.07) is 17.0. The van der Waals surface area contributed by atoms with Crippen LogP contribution in [0.2, 0.25) is 0 Å². The summed E-state index contributed by atoms with van der Waals surface area (Å²) in [7, 11) is 4.33. The zero-order valence-corrected chi connectivity index (χ0v) is 22.5. The number of methoxy groups -OCH3 is 3. The summed E-state index contributed by atoms with van der Waals surface area (Å²) in [6.45, 7) is 2.32. The van der Waals surface area contributed by atoms with Crippen LogP contribution in [0.1, 0.15) is 28.4 Å². The van der Waals surface area contributed by atoms with E-state index in [-0.39, 0.29) is 6.42 Å². The maximum atomic E-state index is 13.0. The lowest BCUT2D eigenvalue weighted by atomic mass is 9.98. The van der Waals surface area contributed by atoms with Crippen LogP contribution < -0.4 is 19.5 Å². The Kier molecular flexibility index (Phi) is 9.52. The van der Waals surface area contributed by atoms with Crippen LogP contribution >= 0.6 is 15.9 Å². The van der Waals surface area contributed by atoms with E-state index in [1.165, 1.54) is 21.3 Å². The Balaban J connectivity index is 1.85. The number of hydrogen-bond donors (Lipinski definition) is 1. The highest BCUT2D eigenvalue weighted by Crippen LogP contribution is 2.39. The molecule has 0 aliphatic rings. The Labute approximate surface area is 224 Å². The summed E-state index contributed by atoms with van der Waals surface area (Å²) in [5, 5.41) is 12.0. The standard InChI is InChI=1S/C28H27BrN2O6/c1-5-37-20-10-11-22(29)21(15-20)27(32)31-23(28(33)36-4)12-17-6-8-19(9-7-17)26-24(34-2)13-18(16-30)14-25(26)35-3/h6-11,13-15,23H,5,12H2,1-4H3,(H,31,32)/t23-/m0/s1. The van der Waals surface area contributed by atoms with Crippen molar-refractivity contribution < 1.29 is 28.5 Å². The van der Waals surface area contributed by atoms with Gasteiger partial charge >= 0.3 is 5.97 Å². The second kappa shape index (κ2) is 12.8. The van der Waals surface area contributed by atoms with Gasteiger partial charge in [0.1, 0.15) is 23.3 Å². The molecule has 1 N–H and O–H groups in total. The number of nitrogens with zero attached hydrogens (tertiary/aromatic N) is 1. The van der Waals surface area contributed by atoms with Crippen LogP contribution in [0.4, 0.5) is 0 Å². The van der Waals surface area contributed by atoms with Gasteiger partial charge in [0.15, 0.2) is 0 Å². The molecule has 0 heterocycles. The molecular formula is C28H27BrN2O6.